The van der Waals surface area contributed by atoms with E-state index in [4.69, 9.17) is 9.90 Å². The van der Waals surface area contributed by atoms with Crippen LogP contribution in [0.3, 0.4) is 0 Å². The monoisotopic (exact) mass is 600 g/mol. The number of aliphatic carboxylic acids is 1. The number of carbonyl (C=O) groups is 1. The van der Waals surface area contributed by atoms with Crippen LogP contribution in [-0.2, 0) is 21.4 Å². The summed E-state index contributed by atoms with van der Waals surface area (Å²) in [4.78, 5) is 17.1. The molecular weight excluding hydrogens is 572 g/mol. The summed E-state index contributed by atoms with van der Waals surface area (Å²) < 4.78 is 75.0. The molecule has 3 aromatic rings. The van der Waals surface area contributed by atoms with Gasteiger partial charge in [0.15, 0.2) is 5.82 Å². The molecule has 14 heteroatoms. The van der Waals surface area contributed by atoms with Gasteiger partial charge in [0.25, 0.3) is 10.0 Å². The number of carboxylic acid groups (broad SMARTS) is 1. The highest BCUT2D eigenvalue weighted by atomic mass is 32.2. The maximum atomic E-state index is 15.2. The number of aromatic nitrogens is 1. The molecule has 2 heterocycles. The summed E-state index contributed by atoms with van der Waals surface area (Å²) in [6.07, 6.45) is -2.10. The first-order chi connectivity index (χ1) is 18.8. The summed E-state index contributed by atoms with van der Waals surface area (Å²) in [6.45, 7) is 2.77. The van der Waals surface area contributed by atoms with E-state index in [9.17, 15) is 21.6 Å². The molecule has 0 spiro atoms. The minimum absolute atomic E-state index is 0.207. The largest absolute Gasteiger partial charge is 0.490 e. The number of carboxylic acids is 1. The highest BCUT2D eigenvalue weighted by Gasteiger charge is 2.38. The molecule has 2 N–H and O–H groups in total. The van der Waals surface area contributed by atoms with Gasteiger partial charge in [-0.15, -0.1) is 11.3 Å². The number of likely N-dealkylation sites (N-methyl/N-ethyl adjacent to an activating group) is 1. The highest BCUT2D eigenvalue weighted by Crippen LogP contribution is 2.46. The second-order valence-corrected chi connectivity index (χ2v) is 12.0. The molecule has 40 heavy (non-hydrogen) atoms. The minimum Gasteiger partial charge on any atom is -0.475 e. The van der Waals surface area contributed by atoms with Gasteiger partial charge in [0.05, 0.1) is 5.51 Å². The normalized spacial score (nSPS) is 17.7. The predicted molar refractivity (Wildman–Crippen MR) is 144 cm³/mol. The Kier molecular flexibility index (Phi) is 9.00. The number of sulfonamides is 1. The molecule has 5 rings (SSSR count). The zero-order chi connectivity index (χ0) is 29.1. The molecule has 0 radical (unpaired) electrons. The maximum Gasteiger partial charge on any atom is 0.490 e. The number of rotatable bonds is 8. The lowest BCUT2D eigenvalue weighted by atomic mass is 10.1. The Balaban J connectivity index is 0.000000470. The van der Waals surface area contributed by atoms with Crippen molar-refractivity contribution in [3.8, 4) is 0 Å². The fourth-order valence-electron chi connectivity index (χ4n) is 4.56. The van der Waals surface area contributed by atoms with Crippen molar-refractivity contribution in [2.75, 3.05) is 29.8 Å². The Labute approximate surface area is 233 Å². The number of hydrogen-bond acceptors (Lipinski definition) is 7. The molecule has 2 aromatic carbocycles. The molecule has 216 valence electrons. The highest BCUT2D eigenvalue weighted by molar-refractivity contribution is 7.92. The second kappa shape index (κ2) is 12.1. The lowest BCUT2D eigenvalue weighted by Crippen LogP contribution is -2.35. The molecule has 0 bridgehead atoms. The smallest absolute Gasteiger partial charge is 0.475 e. The summed E-state index contributed by atoms with van der Waals surface area (Å²) in [5.74, 6) is -3.01. The maximum absolute atomic E-state index is 15.2. The first kappa shape index (κ1) is 29.7. The van der Waals surface area contributed by atoms with Crippen molar-refractivity contribution < 1.29 is 35.9 Å². The number of nitrogens with zero attached hydrogens (tertiary/aromatic N) is 3. The second-order valence-electron chi connectivity index (χ2n) is 9.67. The van der Waals surface area contributed by atoms with Gasteiger partial charge in [-0.1, -0.05) is 30.3 Å². The van der Waals surface area contributed by atoms with Gasteiger partial charge in [-0.2, -0.15) is 13.2 Å². The first-order valence-corrected chi connectivity index (χ1v) is 14.8. The van der Waals surface area contributed by atoms with E-state index in [2.05, 4.69) is 43.8 Å². The fraction of sp³-hybridized carbons (Fsp3) is 0.385. The van der Waals surface area contributed by atoms with E-state index < -0.39 is 28.0 Å². The lowest BCUT2D eigenvalue weighted by molar-refractivity contribution is -0.192. The zero-order valence-electron chi connectivity index (χ0n) is 21.4. The molecule has 1 aliphatic heterocycles. The van der Waals surface area contributed by atoms with Crippen LogP contribution in [0.25, 0.3) is 0 Å². The van der Waals surface area contributed by atoms with E-state index in [0.29, 0.717) is 0 Å². The number of hydrogen-bond donors (Lipinski definition) is 2. The van der Waals surface area contributed by atoms with Crippen molar-refractivity contribution in [1.82, 2.24) is 9.88 Å². The fourth-order valence-corrected chi connectivity index (χ4v) is 6.21. The standard InChI is InChI=1S/C24H27FN4O2S2.C2HF3O2/c1-28(19-9-10-29(14-19)13-17-5-3-2-4-6-17)22-12-21(25)23(11-20(22)18-7-8-18)33(30,31)27-24-15-32-16-26-24;3-2(4,5)1(6)7/h2-6,11-12,15-16,18-19,27H,7-10,13-14H2,1H3;(H,6,7). The Morgan fingerprint density at radius 2 is 1.88 bits per heavy atom. The molecule has 1 saturated carbocycles. The molecule has 2 fully saturated rings. The number of thiazole rings is 1. The van der Waals surface area contributed by atoms with Crippen molar-refractivity contribution in [2.45, 2.75) is 48.8 Å². The number of nitrogens with one attached hydrogen (secondary N) is 1. The van der Waals surface area contributed by atoms with Crippen LogP contribution in [0.15, 0.2) is 58.3 Å². The van der Waals surface area contributed by atoms with Crippen LogP contribution in [0.5, 0.6) is 0 Å². The van der Waals surface area contributed by atoms with E-state index in [0.717, 1.165) is 50.1 Å². The molecular formula is C26H28F4N4O4S2. The number of halogens is 4. The molecule has 1 aromatic heterocycles. The average molecular weight is 601 g/mol. The minimum atomic E-state index is -5.08. The Bertz CT molecular complexity index is 1420. The molecule has 8 nitrogen and oxygen atoms in total. The van der Waals surface area contributed by atoms with Crippen molar-refractivity contribution in [1.29, 1.82) is 0 Å². The number of anilines is 2. The lowest BCUT2D eigenvalue weighted by Gasteiger charge is -2.30. The van der Waals surface area contributed by atoms with Gasteiger partial charge in [-0.05, 0) is 48.4 Å². The number of benzene rings is 2. The molecule has 1 saturated heterocycles. The van der Waals surface area contributed by atoms with Crippen molar-refractivity contribution in [3.63, 3.8) is 0 Å². The van der Waals surface area contributed by atoms with Gasteiger partial charge in [-0.3, -0.25) is 9.62 Å². The van der Waals surface area contributed by atoms with Gasteiger partial charge in [0.2, 0.25) is 0 Å². The third-order valence-electron chi connectivity index (χ3n) is 6.73. The van der Waals surface area contributed by atoms with Gasteiger partial charge >= 0.3 is 12.1 Å². The van der Waals surface area contributed by atoms with Crippen LogP contribution >= 0.6 is 11.3 Å². The van der Waals surface area contributed by atoms with Crippen LogP contribution in [0.2, 0.25) is 0 Å². The summed E-state index contributed by atoms with van der Waals surface area (Å²) in [6, 6.07) is 13.6. The van der Waals surface area contributed by atoms with E-state index in [-0.39, 0.29) is 22.7 Å². The summed E-state index contributed by atoms with van der Waals surface area (Å²) in [5.41, 5.74) is 4.53. The molecule has 2 aliphatic rings. The average Bonchev–Trinajstić information content (AvgIpc) is 3.41. The quantitative estimate of drug-likeness (QED) is 0.338. The van der Waals surface area contributed by atoms with Crippen molar-refractivity contribution >= 4 is 38.8 Å². The first-order valence-electron chi connectivity index (χ1n) is 12.4. The van der Waals surface area contributed by atoms with Gasteiger partial charge in [0, 0.05) is 43.8 Å². The molecule has 1 atom stereocenters. The van der Waals surface area contributed by atoms with E-state index >= 15 is 4.39 Å². The number of likely N-dealkylation sites (tertiary alicyclic amines) is 1. The Hall–Kier alpha value is -3.23. The van der Waals surface area contributed by atoms with Gasteiger partial charge < -0.3 is 10.0 Å². The van der Waals surface area contributed by atoms with Gasteiger partial charge in [0.1, 0.15) is 10.7 Å². The van der Waals surface area contributed by atoms with Crippen molar-refractivity contribution in [2.24, 2.45) is 0 Å². The van der Waals surface area contributed by atoms with E-state index in [1.165, 1.54) is 34.5 Å². The van der Waals surface area contributed by atoms with Crippen LogP contribution in [-0.4, -0.2) is 61.7 Å². The van der Waals surface area contributed by atoms with Crippen LogP contribution in [0.1, 0.15) is 36.3 Å². The van der Waals surface area contributed by atoms with Crippen LogP contribution in [0.4, 0.5) is 29.1 Å². The predicted octanol–water partition coefficient (Wildman–Crippen LogP) is 5.30. The molecule has 0 amide bonds. The van der Waals surface area contributed by atoms with E-state index in [1.54, 1.807) is 5.38 Å². The molecule has 1 aliphatic carbocycles. The summed E-state index contributed by atoms with van der Waals surface area (Å²) in [5, 5.41) is 8.71. The zero-order valence-corrected chi connectivity index (χ0v) is 23.1. The Morgan fingerprint density at radius 1 is 1.20 bits per heavy atom. The third kappa shape index (κ3) is 7.49. The Morgan fingerprint density at radius 3 is 2.45 bits per heavy atom. The summed E-state index contributed by atoms with van der Waals surface area (Å²) in [7, 11) is -2.06. The van der Waals surface area contributed by atoms with Gasteiger partial charge in [-0.25, -0.2) is 22.6 Å². The summed E-state index contributed by atoms with van der Waals surface area (Å²) >= 11 is 1.28. The molecule has 1 unspecified atom stereocenters. The van der Waals surface area contributed by atoms with E-state index in [1.807, 2.05) is 13.1 Å². The SMILES string of the molecule is CN(c1cc(F)c(S(=O)(=O)Nc2cscn2)cc1C1CC1)C1CCN(Cc2ccccc2)C1.O=C(O)C(F)(F)F. The number of alkyl halides is 3. The van der Waals surface area contributed by atoms with Crippen LogP contribution in [0, 0.1) is 5.82 Å². The van der Waals surface area contributed by atoms with Crippen LogP contribution < -0.4 is 9.62 Å². The van der Waals surface area contributed by atoms with Crippen molar-refractivity contribution in [3.05, 3.63) is 70.3 Å². The topological polar surface area (TPSA) is 103 Å². The third-order valence-corrected chi connectivity index (χ3v) is 8.68.